The number of nitro benzene ring substituents is 1. The monoisotopic (exact) mass is 343 g/mol. The van der Waals surface area contributed by atoms with Crippen LogP contribution >= 0.6 is 0 Å². The average Bonchev–Trinajstić information content (AvgIpc) is 2.95. The van der Waals surface area contributed by atoms with Crippen LogP contribution in [0.5, 0.6) is 0 Å². The van der Waals surface area contributed by atoms with Gasteiger partial charge in [0.25, 0.3) is 5.69 Å². The fraction of sp³-hybridized carbons (Fsp3) is 0.0952. The van der Waals surface area contributed by atoms with Gasteiger partial charge < -0.3 is 0 Å². The summed E-state index contributed by atoms with van der Waals surface area (Å²) < 4.78 is 1.92. The summed E-state index contributed by atoms with van der Waals surface area (Å²) in [6.45, 7) is 3.93. The Balaban J connectivity index is 1.93. The molecule has 0 radical (unpaired) electrons. The van der Waals surface area contributed by atoms with Gasteiger partial charge in [-0.05, 0) is 30.9 Å². The van der Waals surface area contributed by atoms with Crippen LogP contribution in [-0.2, 0) is 0 Å². The molecule has 0 unspecified atom stereocenters. The molecule has 1 heterocycles. The Morgan fingerprint density at radius 1 is 0.962 bits per heavy atom. The number of nitro groups is 1. The molecule has 4 rings (SSSR count). The zero-order valence-corrected chi connectivity index (χ0v) is 14.5. The topological polar surface area (TPSA) is 61.0 Å². The minimum absolute atomic E-state index is 0.0826. The average molecular weight is 343 g/mol. The maximum atomic E-state index is 11.1. The molecule has 0 amide bonds. The molecule has 5 heteroatoms. The second kappa shape index (κ2) is 6.11. The Hall–Kier alpha value is -3.47. The highest BCUT2D eigenvalue weighted by Crippen LogP contribution is 2.32. The zero-order chi connectivity index (χ0) is 18.3. The number of nitrogens with zero attached hydrogens (tertiary/aromatic N) is 3. The molecule has 4 aromatic rings. The van der Waals surface area contributed by atoms with Crippen molar-refractivity contribution in [3.63, 3.8) is 0 Å². The number of hydrogen-bond donors (Lipinski definition) is 0. The normalized spacial score (nSPS) is 11.0. The van der Waals surface area contributed by atoms with Crippen molar-refractivity contribution in [1.29, 1.82) is 0 Å². The minimum atomic E-state index is -0.372. The lowest BCUT2D eigenvalue weighted by Crippen LogP contribution is -2.00. The molecule has 0 aliphatic heterocycles. The zero-order valence-electron chi connectivity index (χ0n) is 14.5. The van der Waals surface area contributed by atoms with Gasteiger partial charge in [0.2, 0.25) is 0 Å². The molecule has 128 valence electrons. The molecule has 1 aromatic heterocycles. The van der Waals surface area contributed by atoms with Gasteiger partial charge in [0.1, 0.15) is 0 Å². The molecule has 0 spiro atoms. The number of aromatic nitrogens is 2. The van der Waals surface area contributed by atoms with Gasteiger partial charge in [-0.3, -0.25) is 10.1 Å². The Morgan fingerprint density at radius 2 is 1.69 bits per heavy atom. The third-order valence-corrected chi connectivity index (χ3v) is 4.63. The van der Waals surface area contributed by atoms with Gasteiger partial charge in [0, 0.05) is 28.8 Å². The van der Waals surface area contributed by atoms with E-state index in [1.54, 1.807) is 12.1 Å². The summed E-state index contributed by atoms with van der Waals surface area (Å²) in [5, 5.41) is 18.1. The third kappa shape index (κ3) is 2.54. The first-order chi connectivity index (χ1) is 12.6. The molecule has 0 aliphatic rings. The van der Waals surface area contributed by atoms with E-state index in [1.807, 2.05) is 48.9 Å². The summed E-state index contributed by atoms with van der Waals surface area (Å²) >= 11 is 0. The summed E-state index contributed by atoms with van der Waals surface area (Å²) in [5.41, 5.74) is 4.62. The van der Waals surface area contributed by atoms with Crippen molar-refractivity contribution in [2.75, 3.05) is 0 Å². The van der Waals surface area contributed by atoms with E-state index in [4.69, 9.17) is 5.10 Å². The maximum Gasteiger partial charge on any atom is 0.270 e. The number of benzene rings is 3. The molecule has 0 atom stereocenters. The number of non-ortho nitro benzene ring substituents is 1. The van der Waals surface area contributed by atoms with E-state index in [0.29, 0.717) is 0 Å². The van der Waals surface area contributed by atoms with Crippen LogP contribution in [-0.4, -0.2) is 14.7 Å². The van der Waals surface area contributed by atoms with Crippen LogP contribution in [0, 0.1) is 24.0 Å². The number of hydrogen-bond acceptors (Lipinski definition) is 3. The molecule has 26 heavy (non-hydrogen) atoms. The first-order valence-corrected chi connectivity index (χ1v) is 8.35. The number of fused-ring (bicyclic) bond motifs is 1. The Kier molecular flexibility index (Phi) is 3.77. The highest BCUT2D eigenvalue weighted by molar-refractivity contribution is 5.90. The summed E-state index contributed by atoms with van der Waals surface area (Å²) in [4.78, 5) is 10.7. The molecule has 0 saturated heterocycles. The SMILES string of the molecule is Cc1nn(-c2cccc3ccccc23)c(C)c1-c1cccc([N+](=O)[O-])c1. The van der Waals surface area contributed by atoms with Crippen molar-refractivity contribution in [3.05, 3.63) is 88.2 Å². The van der Waals surface area contributed by atoms with E-state index in [1.165, 1.54) is 6.07 Å². The van der Waals surface area contributed by atoms with Crippen molar-refractivity contribution < 1.29 is 4.92 Å². The van der Waals surface area contributed by atoms with Crippen LogP contribution < -0.4 is 0 Å². The highest BCUT2D eigenvalue weighted by Gasteiger charge is 2.17. The Morgan fingerprint density at radius 3 is 2.50 bits per heavy atom. The molecule has 0 bridgehead atoms. The van der Waals surface area contributed by atoms with Crippen LogP contribution in [0.1, 0.15) is 11.4 Å². The molecule has 0 fully saturated rings. The first-order valence-electron chi connectivity index (χ1n) is 8.35. The Labute approximate surface area is 150 Å². The second-order valence-electron chi connectivity index (χ2n) is 6.26. The molecule has 0 aliphatic carbocycles. The fourth-order valence-electron chi connectivity index (χ4n) is 3.46. The van der Waals surface area contributed by atoms with Crippen molar-refractivity contribution in [2.24, 2.45) is 0 Å². The van der Waals surface area contributed by atoms with Crippen molar-refractivity contribution >= 4 is 16.5 Å². The summed E-state index contributed by atoms with van der Waals surface area (Å²) in [6.07, 6.45) is 0. The predicted molar refractivity (Wildman–Crippen MR) is 103 cm³/mol. The van der Waals surface area contributed by atoms with Gasteiger partial charge in [0.05, 0.1) is 16.3 Å². The number of aryl methyl sites for hydroxylation is 1. The summed E-state index contributed by atoms with van der Waals surface area (Å²) in [7, 11) is 0. The van der Waals surface area contributed by atoms with E-state index in [0.717, 1.165) is 39.0 Å². The number of rotatable bonds is 3. The van der Waals surface area contributed by atoms with Gasteiger partial charge in [0.15, 0.2) is 0 Å². The van der Waals surface area contributed by atoms with Crippen LogP contribution in [0.4, 0.5) is 5.69 Å². The van der Waals surface area contributed by atoms with E-state index >= 15 is 0 Å². The van der Waals surface area contributed by atoms with Crippen molar-refractivity contribution in [2.45, 2.75) is 13.8 Å². The summed E-state index contributed by atoms with van der Waals surface area (Å²) in [6, 6.07) is 21.0. The standard InChI is InChI=1S/C21H17N3O2/c1-14-21(17-9-5-10-18(13-17)24(25)26)15(2)23(22-14)20-12-6-8-16-7-3-4-11-19(16)20/h3-13H,1-2H3. The minimum Gasteiger partial charge on any atom is -0.258 e. The quantitative estimate of drug-likeness (QED) is 0.378. The predicted octanol–water partition coefficient (Wildman–Crippen LogP) is 5.22. The molecular formula is C21H17N3O2. The van der Waals surface area contributed by atoms with Gasteiger partial charge in [-0.1, -0.05) is 48.5 Å². The second-order valence-corrected chi connectivity index (χ2v) is 6.26. The molecule has 0 saturated carbocycles. The van der Waals surface area contributed by atoms with Gasteiger partial charge >= 0.3 is 0 Å². The van der Waals surface area contributed by atoms with E-state index in [9.17, 15) is 10.1 Å². The van der Waals surface area contributed by atoms with Crippen LogP contribution in [0.25, 0.3) is 27.6 Å². The highest BCUT2D eigenvalue weighted by atomic mass is 16.6. The first kappa shape index (κ1) is 16.0. The van der Waals surface area contributed by atoms with Crippen LogP contribution in [0.3, 0.4) is 0 Å². The molecule has 3 aromatic carbocycles. The molecule has 5 nitrogen and oxygen atoms in total. The van der Waals surface area contributed by atoms with E-state index < -0.39 is 0 Å². The third-order valence-electron chi connectivity index (χ3n) is 4.63. The van der Waals surface area contributed by atoms with Gasteiger partial charge in [-0.2, -0.15) is 5.10 Å². The largest absolute Gasteiger partial charge is 0.270 e. The molecule has 0 N–H and O–H groups in total. The maximum absolute atomic E-state index is 11.1. The van der Waals surface area contributed by atoms with Crippen LogP contribution in [0.2, 0.25) is 0 Å². The van der Waals surface area contributed by atoms with Gasteiger partial charge in [-0.25, -0.2) is 4.68 Å². The Bertz CT molecular complexity index is 1140. The van der Waals surface area contributed by atoms with E-state index in [-0.39, 0.29) is 10.6 Å². The fourth-order valence-corrected chi connectivity index (χ4v) is 3.46. The van der Waals surface area contributed by atoms with Gasteiger partial charge in [-0.15, -0.1) is 0 Å². The van der Waals surface area contributed by atoms with Crippen molar-refractivity contribution in [1.82, 2.24) is 9.78 Å². The summed E-state index contributed by atoms with van der Waals surface area (Å²) in [5.74, 6) is 0. The van der Waals surface area contributed by atoms with Crippen LogP contribution in [0.15, 0.2) is 66.7 Å². The smallest absolute Gasteiger partial charge is 0.258 e. The lowest BCUT2D eigenvalue weighted by atomic mass is 10.0. The van der Waals surface area contributed by atoms with E-state index in [2.05, 4.69) is 18.2 Å². The van der Waals surface area contributed by atoms with Crippen molar-refractivity contribution in [3.8, 4) is 16.8 Å². The lowest BCUT2D eigenvalue weighted by molar-refractivity contribution is -0.384. The molecular weight excluding hydrogens is 326 g/mol. The lowest BCUT2D eigenvalue weighted by Gasteiger charge is -2.09.